The number of aliphatic carboxylic acids is 1. The molecule has 1 unspecified atom stereocenters. The SMILES string of the molecule is CC(C)OCCN(C)C(=O)C(N)CCC(=O)O. The van der Waals surface area contributed by atoms with Crippen LogP contribution in [0.4, 0.5) is 0 Å². The lowest BCUT2D eigenvalue weighted by Gasteiger charge is -2.21. The van der Waals surface area contributed by atoms with E-state index in [4.69, 9.17) is 15.6 Å². The van der Waals surface area contributed by atoms with Crippen LogP contribution >= 0.6 is 0 Å². The maximum atomic E-state index is 11.7. The van der Waals surface area contributed by atoms with Crippen molar-refractivity contribution >= 4 is 11.9 Å². The van der Waals surface area contributed by atoms with Gasteiger partial charge in [-0.2, -0.15) is 0 Å². The maximum Gasteiger partial charge on any atom is 0.303 e. The Balaban J connectivity index is 3.90. The molecule has 100 valence electrons. The molecule has 0 aromatic rings. The molecule has 0 saturated carbocycles. The van der Waals surface area contributed by atoms with E-state index in [1.807, 2.05) is 13.8 Å². The van der Waals surface area contributed by atoms with Crippen LogP contribution in [0.1, 0.15) is 26.7 Å². The van der Waals surface area contributed by atoms with E-state index in [9.17, 15) is 9.59 Å². The van der Waals surface area contributed by atoms with Crippen molar-refractivity contribution in [2.24, 2.45) is 5.73 Å². The Morgan fingerprint density at radius 1 is 1.41 bits per heavy atom. The van der Waals surface area contributed by atoms with E-state index in [1.54, 1.807) is 7.05 Å². The van der Waals surface area contributed by atoms with Gasteiger partial charge in [0.05, 0.1) is 18.8 Å². The van der Waals surface area contributed by atoms with Crippen molar-refractivity contribution in [1.29, 1.82) is 0 Å². The summed E-state index contributed by atoms with van der Waals surface area (Å²) in [5.41, 5.74) is 5.60. The molecule has 0 bridgehead atoms. The molecular weight excluding hydrogens is 224 g/mol. The number of hydrogen-bond acceptors (Lipinski definition) is 4. The topological polar surface area (TPSA) is 92.9 Å². The molecule has 0 fully saturated rings. The van der Waals surface area contributed by atoms with Gasteiger partial charge < -0.3 is 20.5 Å². The van der Waals surface area contributed by atoms with E-state index in [-0.39, 0.29) is 24.9 Å². The van der Waals surface area contributed by atoms with Gasteiger partial charge in [-0.05, 0) is 20.3 Å². The number of nitrogens with two attached hydrogens (primary N) is 1. The summed E-state index contributed by atoms with van der Waals surface area (Å²) >= 11 is 0. The highest BCUT2D eigenvalue weighted by atomic mass is 16.5. The van der Waals surface area contributed by atoms with Gasteiger partial charge in [-0.15, -0.1) is 0 Å². The number of nitrogens with zero attached hydrogens (tertiary/aromatic N) is 1. The van der Waals surface area contributed by atoms with Crippen LogP contribution in [0.15, 0.2) is 0 Å². The summed E-state index contributed by atoms with van der Waals surface area (Å²) in [5.74, 6) is -1.20. The molecule has 0 aromatic carbocycles. The second kappa shape index (κ2) is 8.03. The van der Waals surface area contributed by atoms with E-state index >= 15 is 0 Å². The minimum absolute atomic E-state index is 0.0940. The summed E-state index contributed by atoms with van der Waals surface area (Å²) < 4.78 is 5.31. The highest BCUT2D eigenvalue weighted by molar-refractivity contribution is 5.82. The van der Waals surface area contributed by atoms with E-state index in [0.29, 0.717) is 13.2 Å². The predicted octanol–water partition coefficient (Wildman–Crippen LogP) is 0.0619. The summed E-state index contributed by atoms with van der Waals surface area (Å²) in [7, 11) is 1.63. The fourth-order valence-corrected chi connectivity index (χ4v) is 1.22. The molecule has 6 heteroatoms. The van der Waals surface area contributed by atoms with Crippen molar-refractivity contribution in [2.45, 2.75) is 38.8 Å². The molecule has 1 amide bonds. The fraction of sp³-hybridized carbons (Fsp3) is 0.818. The minimum Gasteiger partial charge on any atom is -0.481 e. The van der Waals surface area contributed by atoms with Crippen LogP contribution in [0, 0.1) is 0 Å². The van der Waals surface area contributed by atoms with Crippen LogP contribution in [0.5, 0.6) is 0 Å². The Labute approximate surface area is 102 Å². The van der Waals surface area contributed by atoms with Gasteiger partial charge in [0.25, 0.3) is 0 Å². The van der Waals surface area contributed by atoms with Gasteiger partial charge in [0.2, 0.25) is 5.91 Å². The number of rotatable bonds is 8. The zero-order valence-corrected chi connectivity index (χ0v) is 10.7. The van der Waals surface area contributed by atoms with E-state index < -0.39 is 12.0 Å². The summed E-state index contributed by atoms with van der Waals surface area (Å²) in [5, 5.41) is 8.48. The molecule has 0 saturated heterocycles. The molecule has 0 aliphatic carbocycles. The number of carbonyl (C=O) groups is 2. The van der Waals surface area contributed by atoms with Crippen LogP contribution in [0.3, 0.4) is 0 Å². The molecule has 0 aliphatic rings. The molecule has 0 aliphatic heterocycles. The highest BCUT2D eigenvalue weighted by Gasteiger charge is 2.18. The Bertz CT molecular complexity index is 256. The molecule has 0 heterocycles. The Morgan fingerprint density at radius 3 is 2.47 bits per heavy atom. The number of carbonyl (C=O) groups excluding carboxylic acids is 1. The standard InChI is InChI=1S/C11H22N2O4/c1-8(2)17-7-6-13(3)11(16)9(12)4-5-10(14)15/h8-9H,4-7,12H2,1-3H3,(H,14,15). The summed E-state index contributed by atoms with van der Waals surface area (Å²) in [6.07, 6.45) is 0.187. The summed E-state index contributed by atoms with van der Waals surface area (Å²) in [6.45, 7) is 4.74. The van der Waals surface area contributed by atoms with Gasteiger partial charge in [-0.25, -0.2) is 0 Å². The van der Waals surface area contributed by atoms with Crippen LogP contribution in [0.2, 0.25) is 0 Å². The normalized spacial score (nSPS) is 12.5. The first-order chi connectivity index (χ1) is 7.84. The van der Waals surface area contributed by atoms with Crippen molar-refractivity contribution in [3.05, 3.63) is 0 Å². The van der Waals surface area contributed by atoms with E-state index in [0.717, 1.165) is 0 Å². The third-order valence-electron chi connectivity index (χ3n) is 2.24. The molecule has 6 nitrogen and oxygen atoms in total. The lowest BCUT2D eigenvalue weighted by Crippen LogP contribution is -2.43. The summed E-state index contributed by atoms with van der Waals surface area (Å²) in [6, 6.07) is -0.754. The number of likely N-dealkylation sites (N-methyl/N-ethyl adjacent to an activating group) is 1. The Kier molecular flexibility index (Phi) is 7.49. The van der Waals surface area contributed by atoms with Gasteiger partial charge in [-0.1, -0.05) is 0 Å². The number of carboxylic acids is 1. The first kappa shape index (κ1) is 15.9. The van der Waals surface area contributed by atoms with Crippen molar-refractivity contribution in [3.8, 4) is 0 Å². The molecule has 0 aromatic heterocycles. The van der Waals surface area contributed by atoms with Crippen LogP contribution < -0.4 is 5.73 Å². The number of ether oxygens (including phenoxy) is 1. The molecule has 1 atom stereocenters. The minimum atomic E-state index is -0.945. The van der Waals surface area contributed by atoms with Gasteiger partial charge in [-0.3, -0.25) is 9.59 Å². The largest absolute Gasteiger partial charge is 0.481 e. The lowest BCUT2D eigenvalue weighted by atomic mass is 10.1. The van der Waals surface area contributed by atoms with Gasteiger partial charge in [0, 0.05) is 20.0 Å². The second-order valence-electron chi connectivity index (χ2n) is 4.22. The van der Waals surface area contributed by atoms with Gasteiger partial charge >= 0.3 is 5.97 Å². The maximum absolute atomic E-state index is 11.7. The van der Waals surface area contributed by atoms with Crippen molar-refractivity contribution < 1.29 is 19.4 Å². The van der Waals surface area contributed by atoms with Crippen LogP contribution in [-0.4, -0.2) is 54.2 Å². The molecule has 0 radical (unpaired) electrons. The summed E-state index contributed by atoms with van der Waals surface area (Å²) in [4.78, 5) is 23.5. The monoisotopic (exact) mass is 246 g/mol. The van der Waals surface area contributed by atoms with Crippen molar-refractivity contribution in [3.63, 3.8) is 0 Å². The molecule has 0 rings (SSSR count). The second-order valence-corrected chi connectivity index (χ2v) is 4.22. The number of hydrogen-bond donors (Lipinski definition) is 2. The van der Waals surface area contributed by atoms with E-state index in [1.165, 1.54) is 4.90 Å². The number of amides is 1. The van der Waals surface area contributed by atoms with Crippen molar-refractivity contribution in [1.82, 2.24) is 4.90 Å². The predicted molar refractivity (Wildman–Crippen MR) is 63.6 cm³/mol. The van der Waals surface area contributed by atoms with Crippen LogP contribution in [-0.2, 0) is 14.3 Å². The third kappa shape index (κ3) is 7.70. The lowest BCUT2D eigenvalue weighted by molar-refractivity contribution is -0.137. The van der Waals surface area contributed by atoms with Gasteiger partial charge in [0.1, 0.15) is 0 Å². The average molecular weight is 246 g/mol. The quantitative estimate of drug-likeness (QED) is 0.632. The number of carboxylic acid groups (broad SMARTS) is 1. The molecule has 17 heavy (non-hydrogen) atoms. The Morgan fingerprint density at radius 2 is 2.00 bits per heavy atom. The van der Waals surface area contributed by atoms with Crippen molar-refractivity contribution in [2.75, 3.05) is 20.2 Å². The fourth-order valence-electron chi connectivity index (χ4n) is 1.22. The highest BCUT2D eigenvalue weighted by Crippen LogP contribution is 1.99. The third-order valence-corrected chi connectivity index (χ3v) is 2.24. The zero-order chi connectivity index (χ0) is 13.4. The van der Waals surface area contributed by atoms with Gasteiger partial charge in [0.15, 0.2) is 0 Å². The smallest absolute Gasteiger partial charge is 0.303 e. The first-order valence-corrected chi connectivity index (χ1v) is 5.68. The molecule has 0 spiro atoms. The Hall–Kier alpha value is -1.14. The molecule has 3 N–H and O–H groups in total. The first-order valence-electron chi connectivity index (χ1n) is 5.68. The van der Waals surface area contributed by atoms with Crippen LogP contribution in [0.25, 0.3) is 0 Å². The zero-order valence-electron chi connectivity index (χ0n) is 10.7. The van der Waals surface area contributed by atoms with E-state index in [2.05, 4.69) is 0 Å². The average Bonchev–Trinajstić information content (AvgIpc) is 2.24. The molecular formula is C11H22N2O4.